The fourth-order valence-corrected chi connectivity index (χ4v) is 9.04. The highest BCUT2D eigenvalue weighted by atomic mass is 127. The van der Waals surface area contributed by atoms with Crippen LogP contribution < -0.4 is 13.3 Å². The van der Waals surface area contributed by atoms with Crippen LogP contribution in [0.2, 0.25) is 0 Å². The Bertz CT molecular complexity index is 1510. The standard InChI is InChI=1S/C27H29IN2O6S2/c1-3-4-16-30(38(34,35)22-13-9-6-10-14-22)27-24(36-2)18-23-25(26(27)28)20(19-31)15-17-29(23)37(32,33)21-11-7-5-8-12-21/h3,5-14,18,20,31H,1,4,15-17,19H2,2H3. The molecular weight excluding hydrogens is 639 g/mol. The molecular formula is C27H29IN2O6S2. The number of halogens is 1. The highest BCUT2D eigenvalue weighted by Gasteiger charge is 2.38. The molecule has 38 heavy (non-hydrogen) atoms. The Kier molecular flexibility index (Phi) is 8.70. The van der Waals surface area contributed by atoms with E-state index in [0.29, 0.717) is 33.4 Å². The van der Waals surface area contributed by atoms with Gasteiger partial charge in [0.05, 0.1) is 29.2 Å². The molecule has 11 heteroatoms. The molecule has 0 bridgehead atoms. The van der Waals surface area contributed by atoms with E-state index in [-0.39, 0.29) is 41.2 Å². The van der Waals surface area contributed by atoms with Crippen LogP contribution in [0, 0.1) is 3.57 Å². The van der Waals surface area contributed by atoms with Crippen molar-refractivity contribution in [2.24, 2.45) is 0 Å². The van der Waals surface area contributed by atoms with Gasteiger partial charge in [0.25, 0.3) is 20.0 Å². The number of methoxy groups -OCH3 is 1. The maximum Gasteiger partial charge on any atom is 0.264 e. The first kappa shape index (κ1) is 28.4. The highest BCUT2D eigenvalue weighted by Crippen LogP contribution is 2.49. The molecule has 1 aliphatic rings. The number of hydrogen-bond acceptors (Lipinski definition) is 6. The second-order valence-electron chi connectivity index (χ2n) is 8.70. The van der Waals surface area contributed by atoms with Crippen LogP contribution in [0.5, 0.6) is 5.75 Å². The Labute approximate surface area is 237 Å². The number of anilines is 2. The molecule has 0 amide bonds. The molecule has 1 N–H and O–H groups in total. The van der Waals surface area contributed by atoms with Gasteiger partial charge in [-0.05, 0) is 65.3 Å². The van der Waals surface area contributed by atoms with Gasteiger partial charge in [-0.3, -0.25) is 8.61 Å². The maximum absolute atomic E-state index is 13.9. The van der Waals surface area contributed by atoms with E-state index in [1.165, 1.54) is 40.0 Å². The summed E-state index contributed by atoms with van der Waals surface area (Å²) in [4.78, 5) is 0.261. The lowest BCUT2D eigenvalue weighted by Gasteiger charge is -2.37. The van der Waals surface area contributed by atoms with Crippen molar-refractivity contribution in [1.82, 2.24) is 0 Å². The predicted octanol–water partition coefficient (Wildman–Crippen LogP) is 4.75. The Hall–Kier alpha value is -2.61. The van der Waals surface area contributed by atoms with Crippen molar-refractivity contribution in [2.75, 3.05) is 35.4 Å². The average Bonchev–Trinajstić information content (AvgIpc) is 2.94. The van der Waals surface area contributed by atoms with Crippen molar-refractivity contribution in [2.45, 2.75) is 28.6 Å². The fourth-order valence-electron chi connectivity index (χ4n) is 4.57. The largest absolute Gasteiger partial charge is 0.494 e. The third-order valence-electron chi connectivity index (χ3n) is 6.47. The van der Waals surface area contributed by atoms with Crippen LogP contribution in [0.4, 0.5) is 11.4 Å². The summed E-state index contributed by atoms with van der Waals surface area (Å²) in [5, 5.41) is 10.3. The topological polar surface area (TPSA) is 104 Å². The predicted molar refractivity (Wildman–Crippen MR) is 157 cm³/mol. The van der Waals surface area contributed by atoms with Crippen LogP contribution >= 0.6 is 22.6 Å². The highest BCUT2D eigenvalue weighted by molar-refractivity contribution is 14.1. The van der Waals surface area contributed by atoms with E-state index in [1.54, 1.807) is 48.5 Å². The molecule has 8 nitrogen and oxygen atoms in total. The van der Waals surface area contributed by atoms with E-state index in [4.69, 9.17) is 4.74 Å². The van der Waals surface area contributed by atoms with Crippen molar-refractivity contribution >= 4 is 54.0 Å². The molecule has 0 aromatic heterocycles. The maximum atomic E-state index is 13.9. The first-order chi connectivity index (χ1) is 18.2. The van der Waals surface area contributed by atoms with Gasteiger partial charge in [-0.1, -0.05) is 42.5 Å². The molecule has 1 aliphatic heterocycles. The normalized spacial score (nSPS) is 15.6. The van der Waals surface area contributed by atoms with Crippen molar-refractivity contribution < 1.29 is 26.7 Å². The second-order valence-corrected chi connectivity index (χ2v) is 13.5. The molecule has 0 fully saturated rings. The summed E-state index contributed by atoms with van der Waals surface area (Å²) in [6.45, 7) is 3.79. The van der Waals surface area contributed by atoms with E-state index in [2.05, 4.69) is 6.58 Å². The molecule has 1 atom stereocenters. The van der Waals surface area contributed by atoms with Crippen molar-refractivity contribution in [3.8, 4) is 5.75 Å². The lowest BCUT2D eigenvalue weighted by Crippen LogP contribution is -2.39. The fraction of sp³-hybridized carbons (Fsp3) is 0.259. The third-order valence-corrected chi connectivity index (χ3v) is 11.2. The summed E-state index contributed by atoms with van der Waals surface area (Å²) < 4.78 is 63.9. The summed E-state index contributed by atoms with van der Waals surface area (Å²) in [5.41, 5.74) is 1.24. The van der Waals surface area contributed by atoms with Crippen LogP contribution in [-0.4, -0.2) is 48.7 Å². The zero-order valence-electron chi connectivity index (χ0n) is 20.8. The van der Waals surface area contributed by atoms with Gasteiger partial charge in [0, 0.05) is 28.6 Å². The lowest BCUT2D eigenvalue weighted by molar-refractivity contribution is 0.258. The number of nitrogens with zero attached hydrogens (tertiary/aromatic N) is 2. The number of fused-ring (bicyclic) bond motifs is 1. The molecule has 0 saturated heterocycles. The van der Waals surface area contributed by atoms with Gasteiger partial charge >= 0.3 is 0 Å². The van der Waals surface area contributed by atoms with Crippen LogP contribution in [0.3, 0.4) is 0 Å². The number of ether oxygens (including phenoxy) is 1. The van der Waals surface area contributed by atoms with Crippen molar-refractivity contribution in [3.63, 3.8) is 0 Å². The molecule has 202 valence electrons. The van der Waals surface area contributed by atoms with Gasteiger partial charge in [-0.15, -0.1) is 6.58 Å². The smallest absolute Gasteiger partial charge is 0.264 e. The van der Waals surface area contributed by atoms with Crippen LogP contribution in [-0.2, 0) is 20.0 Å². The Morgan fingerprint density at radius 1 is 1.08 bits per heavy atom. The van der Waals surface area contributed by atoms with E-state index >= 15 is 0 Å². The van der Waals surface area contributed by atoms with Gasteiger partial charge in [0.2, 0.25) is 0 Å². The van der Waals surface area contributed by atoms with Crippen LogP contribution in [0.15, 0.2) is 89.2 Å². The van der Waals surface area contributed by atoms with Gasteiger partial charge in [-0.25, -0.2) is 16.8 Å². The van der Waals surface area contributed by atoms with Gasteiger partial charge < -0.3 is 9.84 Å². The summed E-state index contributed by atoms with van der Waals surface area (Å²) in [5.74, 6) is -0.173. The first-order valence-electron chi connectivity index (χ1n) is 12.0. The molecule has 3 aromatic rings. The summed E-state index contributed by atoms with van der Waals surface area (Å²) in [7, 11) is -6.51. The van der Waals surface area contributed by atoms with Crippen LogP contribution in [0.1, 0.15) is 24.3 Å². The zero-order chi connectivity index (χ0) is 27.5. The molecule has 0 saturated carbocycles. The number of aliphatic hydroxyl groups excluding tert-OH is 1. The van der Waals surface area contributed by atoms with Crippen molar-refractivity contribution in [1.29, 1.82) is 0 Å². The van der Waals surface area contributed by atoms with Crippen LogP contribution in [0.25, 0.3) is 0 Å². The minimum absolute atomic E-state index is 0.0989. The average molecular weight is 669 g/mol. The minimum atomic E-state index is -4.01. The Balaban J connectivity index is 1.97. The van der Waals surface area contributed by atoms with E-state index in [9.17, 15) is 21.9 Å². The Morgan fingerprint density at radius 2 is 1.68 bits per heavy atom. The molecule has 1 heterocycles. The van der Waals surface area contributed by atoms with E-state index in [0.717, 1.165) is 0 Å². The number of hydrogen-bond donors (Lipinski definition) is 1. The summed E-state index contributed by atoms with van der Waals surface area (Å²) in [6, 6.07) is 17.8. The molecule has 4 rings (SSSR count). The quantitative estimate of drug-likeness (QED) is 0.247. The number of aliphatic hydroxyl groups is 1. The molecule has 1 unspecified atom stereocenters. The molecule has 0 spiro atoms. The van der Waals surface area contributed by atoms with Crippen molar-refractivity contribution in [3.05, 3.63) is 88.5 Å². The monoisotopic (exact) mass is 668 g/mol. The first-order valence-corrected chi connectivity index (χ1v) is 15.9. The summed E-state index contributed by atoms with van der Waals surface area (Å²) in [6.07, 6.45) is 2.38. The van der Waals surface area contributed by atoms with Gasteiger partial charge in [0.1, 0.15) is 11.4 Å². The molecule has 0 radical (unpaired) electrons. The Morgan fingerprint density at radius 3 is 2.24 bits per heavy atom. The second kappa shape index (κ2) is 11.6. The number of benzene rings is 3. The third kappa shape index (κ3) is 5.16. The number of sulfonamides is 2. The van der Waals surface area contributed by atoms with Gasteiger partial charge in [-0.2, -0.15) is 0 Å². The molecule has 3 aromatic carbocycles. The summed E-state index contributed by atoms with van der Waals surface area (Å²) >= 11 is 2.05. The SMILES string of the molecule is C=CCCN(c1c(OC)cc2c(c1I)C(CO)CCN2S(=O)(=O)c1ccccc1)S(=O)(=O)c1ccccc1. The lowest BCUT2D eigenvalue weighted by atomic mass is 9.91. The number of rotatable bonds is 10. The zero-order valence-corrected chi connectivity index (χ0v) is 24.6. The molecule has 0 aliphatic carbocycles. The van der Waals surface area contributed by atoms with Gasteiger partial charge in [0.15, 0.2) is 0 Å². The minimum Gasteiger partial charge on any atom is -0.494 e. The van der Waals surface area contributed by atoms with E-state index < -0.39 is 20.0 Å². The van der Waals surface area contributed by atoms with E-state index in [1.807, 2.05) is 22.6 Å².